The number of phenolic OH excluding ortho intramolecular Hbond substituents is 1. The maximum Gasteiger partial charge on any atom is 0.342 e. The fourth-order valence-corrected chi connectivity index (χ4v) is 2.51. The quantitative estimate of drug-likeness (QED) is 0.650. The number of carbonyl (C=O) groups excluding carboxylic acids is 2. The summed E-state index contributed by atoms with van der Waals surface area (Å²) in [5, 5.41) is 30.0. The monoisotopic (exact) mass is 362 g/mol. The van der Waals surface area contributed by atoms with Crippen LogP contribution >= 0.6 is 0 Å². The average Bonchev–Trinajstić information content (AvgIpc) is 2.59. The molecule has 7 nitrogen and oxygen atoms in total. The molecular weight excluding hydrogens is 340 g/mol. The summed E-state index contributed by atoms with van der Waals surface area (Å²) < 4.78 is 10.4. The highest BCUT2D eigenvalue weighted by Crippen LogP contribution is 2.30. The first-order chi connectivity index (χ1) is 12.3. The van der Waals surface area contributed by atoms with E-state index in [2.05, 4.69) is 0 Å². The summed E-state index contributed by atoms with van der Waals surface area (Å²) in [6.45, 7) is 1.64. The van der Waals surface area contributed by atoms with Gasteiger partial charge in [-0.05, 0) is 31.1 Å². The Labute approximate surface area is 151 Å². The van der Waals surface area contributed by atoms with Crippen molar-refractivity contribution in [3.63, 3.8) is 0 Å². The molecule has 3 N–H and O–H groups in total. The van der Waals surface area contributed by atoms with E-state index in [0.717, 1.165) is 6.08 Å². The van der Waals surface area contributed by atoms with Crippen molar-refractivity contribution in [2.75, 3.05) is 7.11 Å². The minimum atomic E-state index is -1.55. The number of aromatic hydroxyl groups is 1. The lowest BCUT2D eigenvalue weighted by molar-refractivity contribution is -0.127. The van der Waals surface area contributed by atoms with Crippen LogP contribution in [0, 0.1) is 0 Å². The van der Waals surface area contributed by atoms with Gasteiger partial charge in [0.2, 0.25) is 0 Å². The number of hydrogen-bond acceptors (Lipinski definition) is 7. The van der Waals surface area contributed by atoms with Crippen LogP contribution in [0.4, 0.5) is 0 Å². The van der Waals surface area contributed by atoms with Crippen molar-refractivity contribution in [1.29, 1.82) is 0 Å². The van der Waals surface area contributed by atoms with E-state index in [9.17, 15) is 24.9 Å². The molecule has 7 heteroatoms. The van der Waals surface area contributed by atoms with Crippen LogP contribution in [0.3, 0.4) is 0 Å². The molecule has 140 valence electrons. The van der Waals surface area contributed by atoms with Crippen LogP contribution in [0.1, 0.15) is 35.7 Å². The topological polar surface area (TPSA) is 113 Å². The van der Waals surface area contributed by atoms with Crippen LogP contribution in [0.5, 0.6) is 11.5 Å². The van der Waals surface area contributed by atoms with E-state index < -0.39 is 30.1 Å². The van der Waals surface area contributed by atoms with Gasteiger partial charge in [-0.25, -0.2) is 4.79 Å². The minimum Gasteiger partial charge on any atom is -0.507 e. The average molecular weight is 362 g/mol. The normalized spacial score (nSPS) is 27.0. The van der Waals surface area contributed by atoms with Crippen molar-refractivity contribution in [2.24, 2.45) is 0 Å². The summed E-state index contributed by atoms with van der Waals surface area (Å²) in [6.07, 6.45) is 2.42. The number of cyclic esters (lactones) is 1. The number of hydrogen-bond donors (Lipinski definition) is 3. The highest BCUT2D eigenvalue weighted by Gasteiger charge is 2.23. The molecule has 0 aliphatic carbocycles. The largest absolute Gasteiger partial charge is 0.507 e. The van der Waals surface area contributed by atoms with E-state index in [0.29, 0.717) is 11.3 Å². The molecule has 0 fully saturated rings. The minimum absolute atomic E-state index is 0.0242. The summed E-state index contributed by atoms with van der Waals surface area (Å²) in [6, 6.07) is 2.84. The number of phenols is 1. The van der Waals surface area contributed by atoms with Gasteiger partial charge in [-0.15, -0.1) is 0 Å². The van der Waals surface area contributed by atoms with Crippen molar-refractivity contribution in [2.45, 2.75) is 38.1 Å². The molecule has 0 saturated carbocycles. The molecule has 1 heterocycles. The molecule has 0 amide bonds. The lowest BCUT2D eigenvalue weighted by atomic mass is 10.0. The molecule has 0 bridgehead atoms. The van der Waals surface area contributed by atoms with Crippen molar-refractivity contribution in [3.8, 4) is 11.5 Å². The van der Waals surface area contributed by atoms with Gasteiger partial charge in [0.15, 0.2) is 5.78 Å². The Balaban J connectivity index is 2.45. The zero-order chi connectivity index (χ0) is 19.3. The molecule has 2 rings (SSSR count). The third-order valence-corrected chi connectivity index (χ3v) is 3.95. The second-order valence-electron chi connectivity index (χ2n) is 6.02. The van der Waals surface area contributed by atoms with Gasteiger partial charge in [-0.2, -0.15) is 0 Å². The Morgan fingerprint density at radius 1 is 1.12 bits per heavy atom. The molecule has 3 atom stereocenters. The SMILES string of the molecule is COc1cc(O)c2c(c1)/C=C\C[C@H](O)[C@@H](O)C(=O)/C=C\C[C@H](C)OC2=O. The molecular formula is C19H22O7. The number of ketones is 1. The van der Waals surface area contributed by atoms with Crippen molar-refractivity contribution in [3.05, 3.63) is 41.5 Å². The molecule has 1 aromatic rings. The summed E-state index contributed by atoms with van der Waals surface area (Å²) in [7, 11) is 1.42. The molecule has 0 spiro atoms. The first-order valence-corrected chi connectivity index (χ1v) is 8.18. The van der Waals surface area contributed by atoms with E-state index in [1.807, 2.05) is 0 Å². The zero-order valence-corrected chi connectivity index (χ0v) is 14.6. The molecule has 0 radical (unpaired) electrons. The molecule has 0 aromatic heterocycles. The highest BCUT2D eigenvalue weighted by atomic mass is 16.5. The summed E-state index contributed by atoms with van der Waals surface area (Å²) in [4.78, 5) is 24.3. The number of benzene rings is 1. The number of ether oxygens (including phenoxy) is 2. The third-order valence-electron chi connectivity index (χ3n) is 3.95. The Morgan fingerprint density at radius 2 is 1.81 bits per heavy atom. The zero-order valence-electron chi connectivity index (χ0n) is 14.6. The van der Waals surface area contributed by atoms with Gasteiger partial charge in [0, 0.05) is 12.5 Å². The van der Waals surface area contributed by atoms with E-state index in [1.54, 1.807) is 6.92 Å². The number of methoxy groups -OCH3 is 1. The van der Waals surface area contributed by atoms with E-state index in [4.69, 9.17) is 9.47 Å². The number of rotatable bonds is 1. The smallest absolute Gasteiger partial charge is 0.342 e. The number of aliphatic hydroxyl groups excluding tert-OH is 2. The molecule has 1 aliphatic rings. The van der Waals surface area contributed by atoms with Gasteiger partial charge in [0.05, 0.1) is 13.2 Å². The third kappa shape index (κ3) is 4.71. The van der Waals surface area contributed by atoms with E-state index in [-0.39, 0.29) is 24.2 Å². The van der Waals surface area contributed by atoms with Gasteiger partial charge >= 0.3 is 5.97 Å². The van der Waals surface area contributed by atoms with Crippen LogP contribution in [0.25, 0.3) is 6.08 Å². The van der Waals surface area contributed by atoms with Crippen molar-refractivity contribution >= 4 is 17.8 Å². The number of carbonyl (C=O) groups is 2. The van der Waals surface area contributed by atoms with Gasteiger partial charge < -0.3 is 24.8 Å². The Morgan fingerprint density at radius 3 is 2.50 bits per heavy atom. The molecule has 1 aliphatic heterocycles. The molecule has 0 unspecified atom stereocenters. The highest BCUT2D eigenvalue weighted by molar-refractivity contribution is 5.97. The molecule has 26 heavy (non-hydrogen) atoms. The Hall–Kier alpha value is -2.64. The lowest BCUT2D eigenvalue weighted by Gasteiger charge is -2.16. The lowest BCUT2D eigenvalue weighted by Crippen LogP contribution is -2.32. The fraction of sp³-hybridized carbons (Fsp3) is 0.368. The van der Waals surface area contributed by atoms with Gasteiger partial charge in [-0.1, -0.05) is 18.2 Å². The standard InChI is InChI=1S/C19H22O7/c1-11-5-3-7-14(20)18(23)15(21)8-4-6-12-9-13(25-2)10-16(22)17(12)19(24)26-11/h3-4,6-7,9-11,15,18,21-23H,5,8H2,1-2H3/b6-4-,7-3-/t11-,15-,18-/m0/s1. The van der Waals surface area contributed by atoms with Crippen LogP contribution in [0.2, 0.25) is 0 Å². The first kappa shape index (κ1) is 19.7. The summed E-state index contributed by atoms with van der Waals surface area (Å²) in [5.74, 6) is -1.29. The maximum atomic E-state index is 12.4. The van der Waals surface area contributed by atoms with E-state index in [1.165, 1.54) is 37.5 Å². The molecule has 0 saturated heterocycles. The van der Waals surface area contributed by atoms with Crippen LogP contribution < -0.4 is 4.74 Å². The summed E-state index contributed by atoms with van der Waals surface area (Å²) in [5.41, 5.74) is 0.306. The maximum absolute atomic E-state index is 12.4. The first-order valence-electron chi connectivity index (χ1n) is 8.18. The summed E-state index contributed by atoms with van der Waals surface area (Å²) >= 11 is 0. The Bertz CT molecular complexity index is 736. The van der Waals surface area contributed by atoms with Crippen molar-refractivity contribution in [1.82, 2.24) is 0 Å². The molecule has 1 aromatic carbocycles. The van der Waals surface area contributed by atoms with Crippen LogP contribution in [-0.4, -0.2) is 52.5 Å². The second-order valence-corrected chi connectivity index (χ2v) is 6.02. The van der Waals surface area contributed by atoms with Crippen LogP contribution in [0.15, 0.2) is 30.4 Å². The van der Waals surface area contributed by atoms with Gasteiger partial charge in [-0.3, -0.25) is 4.79 Å². The number of fused-ring (bicyclic) bond motifs is 1. The number of esters is 1. The fourth-order valence-electron chi connectivity index (χ4n) is 2.51. The predicted molar refractivity (Wildman–Crippen MR) is 94.0 cm³/mol. The van der Waals surface area contributed by atoms with E-state index >= 15 is 0 Å². The second kappa shape index (κ2) is 8.64. The van der Waals surface area contributed by atoms with Crippen molar-refractivity contribution < 1.29 is 34.4 Å². The predicted octanol–water partition coefficient (Wildman–Crippen LogP) is 1.60. The number of aliphatic hydroxyl groups is 2. The Kier molecular flexibility index (Phi) is 6.54. The van der Waals surface area contributed by atoms with Crippen LogP contribution in [-0.2, 0) is 9.53 Å². The van der Waals surface area contributed by atoms with Gasteiger partial charge in [0.1, 0.15) is 29.3 Å². The van der Waals surface area contributed by atoms with Gasteiger partial charge in [0.25, 0.3) is 0 Å².